The van der Waals surface area contributed by atoms with E-state index in [1.807, 2.05) is 0 Å². The van der Waals surface area contributed by atoms with Gasteiger partial charge >= 0.3 is 0 Å². The molecule has 0 radical (unpaired) electrons. The van der Waals surface area contributed by atoms with Crippen molar-refractivity contribution in [2.75, 3.05) is 0 Å². The lowest BCUT2D eigenvalue weighted by atomic mass is 10.1. The Morgan fingerprint density at radius 3 is 2.68 bits per heavy atom. The third-order valence-electron chi connectivity index (χ3n) is 2.59. The predicted octanol–water partition coefficient (Wildman–Crippen LogP) is 2.99. The number of hydrogen-bond acceptors (Lipinski definition) is 3. The maximum absolute atomic E-state index is 13.7. The van der Waals surface area contributed by atoms with E-state index in [0.717, 1.165) is 6.20 Å². The lowest BCUT2D eigenvalue weighted by Crippen LogP contribution is -2.00. The van der Waals surface area contributed by atoms with E-state index in [2.05, 4.69) is 4.98 Å². The van der Waals surface area contributed by atoms with E-state index < -0.39 is 17.7 Å². The van der Waals surface area contributed by atoms with E-state index in [9.17, 15) is 13.9 Å². The van der Waals surface area contributed by atoms with Crippen LogP contribution < -0.4 is 4.74 Å². The highest BCUT2D eigenvalue weighted by molar-refractivity contribution is 5.30. The van der Waals surface area contributed by atoms with Gasteiger partial charge in [-0.1, -0.05) is 6.07 Å². The molecule has 1 aromatic carbocycles. The first-order chi connectivity index (χ1) is 9.06. The van der Waals surface area contributed by atoms with Crippen molar-refractivity contribution in [2.45, 2.75) is 19.6 Å². The average Bonchev–Trinajstić information content (AvgIpc) is 2.37. The molecule has 0 bridgehead atoms. The van der Waals surface area contributed by atoms with E-state index in [1.165, 1.54) is 24.4 Å². The first-order valence-electron chi connectivity index (χ1n) is 5.76. The fraction of sp³-hybridized carbons (Fsp3) is 0.214. The van der Waals surface area contributed by atoms with Gasteiger partial charge in [0.2, 0.25) is 0 Å². The predicted molar refractivity (Wildman–Crippen MR) is 65.6 cm³/mol. The lowest BCUT2D eigenvalue weighted by molar-refractivity contribution is 0.198. The summed E-state index contributed by atoms with van der Waals surface area (Å²) in [4.78, 5) is 3.67. The third kappa shape index (κ3) is 3.48. The molecule has 100 valence electrons. The largest absolute Gasteiger partial charge is 0.486 e. The van der Waals surface area contributed by atoms with Gasteiger partial charge in [0.05, 0.1) is 12.3 Å². The number of benzene rings is 1. The van der Waals surface area contributed by atoms with E-state index in [1.54, 1.807) is 13.0 Å². The summed E-state index contributed by atoms with van der Waals surface area (Å²) in [5.41, 5.74) is 0.983. The SMILES string of the molecule is C[C@H](O)c1ccc(OCc2cncc(F)c2)c(F)c1. The standard InChI is InChI=1S/C14H13F2NO2/c1-9(18)11-2-3-14(13(16)5-11)19-8-10-4-12(15)7-17-6-10/h2-7,9,18H,8H2,1H3/t9-/m0/s1. The molecule has 0 aliphatic carbocycles. The van der Waals surface area contributed by atoms with E-state index in [0.29, 0.717) is 11.1 Å². The molecule has 3 nitrogen and oxygen atoms in total. The molecule has 0 fully saturated rings. The first kappa shape index (κ1) is 13.4. The normalized spacial score (nSPS) is 12.2. The summed E-state index contributed by atoms with van der Waals surface area (Å²) in [5.74, 6) is -0.984. The minimum atomic E-state index is -0.740. The summed E-state index contributed by atoms with van der Waals surface area (Å²) in [6.45, 7) is 1.57. The molecule has 2 rings (SSSR count). The van der Waals surface area contributed by atoms with Gasteiger partial charge in [0.15, 0.2) is 11.6 Å². The van der Waals surface area contributed by atoms with Crippen LogP contribution in [0.2, 0.25) is 0 Å². The fourth-order valence-corrected chi connectivity index (χ4v) is 1.59. The Kier molecular flexibility index (Phi) is 4.06. The van der Waals surface area contributed by atoms with Gasteiger partial charge in [-0.15, -0.1) is 0 Å². The topological polar surface area (TPSA) is 42.4 Å². The number of aromatic nitrogens is 1. The minimum Gasteiger partial charge on any atom is -0.486 e. The summed E-state index contributed by atoms with van der Waals surface area (Å²) in [6, 6.07) is 5.50. The van der Waals surface area contributed by atoms with Gasteiger partial charge in [-0.3, -0.25) is 4.98 Å². The number of aliphatic hydroxyl groups excluding tert-OH is 1. The highest BCUT2D eigenvalue weighted by atomic mass is 19.1. The second-order valence-corrected chi connectivity index (χ2v) is 4.17. The van der Waals surface area contributed by atoms with Crippen molar-refractivity contribution in [3.05, 3.63) is 59.4 Å². The zero-order valence-electron chi connectivity index (χ0n) is 10.3. The molecule has 0 amide bonds. The molecule has 0 aliphatic heterocycles. The van der Waals surface area contributed by atoms with Gasteiger partial charge in [-0.2, -0.15) is 0 Å². The van der Waals surface area contributed by atoms with Crippen molar-refractivity contribution in [1.29, 1.82) is 0 Å². The highest BCUT2D eigenvalue weighted by Gasteiger charge is 2.08. The Morgan fingerprint density at radius 1 is 1.26 bits per heavy atom. The van der Waals surface area contributed by atoms with Crippen molar-refractivity contribution in [3.63, 3.8) is 0 Å². The number of nitrogens with zero attached hydrogens (tertiary/aromatic N) is 1. The molecule has 0 saturated heterocycles. The molecule has 0 spiro atoms. The number of pyridine rings is 1. The van der Waals surface area contributed by atoms with Crippen LogP contribution in [0.15, 0.2) is 36.7 Å². The molecule has 5 heteroatoms. The van der Waals surface area contributed by atoms with Crippen molar-refractivity contribution < 1.29 is 18.6 Å². The molecule has 19 heavy (non-hydrogen) atoms. The summed E-state index contributed by atoms with van der Waals surface area (Å²) >= 11 is 0. The van der Waals surface area contributed by atoms with Crippen LogP contribution in [0.1, 0.15) is 24.2 Å². The summed E-state index contributed by atoms with van der Waals surface area (Å²) in [6.07, 6.45) is 1.79. The minimum absolute atomic E-state index is 0.0235. The molecular formula is C14H13F2NO2. The van der Waals surface area contributed by atoms with E-state index in [4.69, 9.17) is 4.74 Å². The van der Waals surface area contributed by atoms with Crippen molar-refractivity contribution in [3.8, 4) is 5.75 Å². The molecule has 1 aromatic heterocycles. The molecule has 2 aromatic rings. The van der Waals surface area contributed by atoms with E-state index >= 15 is 0 Å². The molecule has 1 N–H and O–H groups in total. The monoisotopic (exact) mass is 265 g/mol. The third-order valence-corrected chi connectivity index (χ3v) is 2.59. The van der Waals surface area contributed by atoms with Gasteiger partial charge < -0.3 is 9.84 Å². The van der Waals surface area contributed by atoms with Crippen molar-refractivity contribution in [2.24, 2.45) is 0 Å². The molecular weight excluding hydrogens is 252 g/mol. The Balaban J connectivity index is 2.07. The van der Waals surface area contributed by atoms with Gasteiger partial charge in [-0.05, 0) is 30.7 Å². The molecule has 0 unspecified atom stereocenters. The van der Waals surface area contributed by atoms with Crippen molar-refractivity contribution in [1.82, 2.24) is 4.98 Å². The van der Waals surface area contributed by atoms with Crippen LogP contribution in [0.5, 0.6) is 5.75 Å². The Hall–Kier alpha value is -2.01. The van der Waals surface area contributed by atoms with Crippen molar-refractivity contribution >= 4 is 0 Å². The van der Waals surface area contributed by atoms with Gasteiger partial charge in [0.1, 0.15) is 12.4 Å². The molecule has 1 atom stereocenters. The number of rotatable bonds is 4. The maximum atomic E-state index is 13.7. The van der Waals surface area contributed by atoms with Crippen LogP contribution in [0, 0.1) is 11.6 Å². The summed E-state index contributed by atoms with van der Waals surface area (Å²) < 4.78 is 31.8. The zero-order valence-corrected chi connectivity index (χ0v) is 10.3. The number of hydrogen-bond donors (Lipinski definition) is 1. The van der Waals surface area contributed by atoms with Gasteiger partial charge in [-0.25, -0.2) is 8.78 Å². The maximum Gasteiger partial charge on any atom is 0.165 e. The smallest absolute Gasteiger partial charge is 0.165 e. The van der Waals surface area contributed by atoms with Crippen LogP contribution in [0.4, 0.5) is 8.78 Å². The average molecular weight is 265 g/mol. The van der Waals surface area contributed by atoms with Gasteiger partial charge in [0, 0.05) is 11.8 Å². The number of halogens is 2. The zero-order chi connectivity index (χ0) is 13.8. The number of aliphatic hydroxyl groups is 1. The molecule has 0 aliphatic rings. The van der Waals surface area contributed by atoms with Crippen LogP contribution in [-0.2, 0) is 6.61 Å². The highest BCUT2D eigenvalue weighted by Crippen LogP contribution is 2.22. The van der Waals surface area contributed by atoms with E-state index in [-0.39, 0.29) is 12.4 Å². The van der Waals surface area contributed by atoms with Crippen LogP contribution >= 0.6 is 0 Å². The Bertz CT molecular complexity index is 573. The quantitative estimate of drug-likeness (QED) is 0.924. The Labute approximate surface area is 109 Å². The van der Waals surface area contributed by atoms with Crippen LogP contribution in [0.25, 0.3) is 0 Å². The first-order valence-corrected chi connectivity index (χ1v) is 5.76. The number of ether oxygens (including phenoxy) is 1. The summed E-state index contributed by atoms with van der Waals surface area (Å²) in [5, 5.41) is 9.32. The summed E-state index contributed by atoms with van der Waals surface area (Å²) in [7, 11) is 0. The molecule has 1 heterocycles. The molecule has 0 saturated carbocycles. The van der Waals surface area contributed by atoms with Crippen LogP contribution in [-0.4, -0.2) is 10.1 Å². The second kappa shape index (κ2) is 5.75. The Morgan fingerprint density at radius 2 is 2.05 bits per heavy atom. The second-order valence-electron chi connectivity index (χ2n) is 4.17. The van der Waals surface area contributed by atoms with Crippen LogP contribution in [0.3, 0.4) is 0 Å². The van der Waals surface area contributed by atoms with Gasteiger partial charge in [0.25, 0.3) is 0 Å². The lowest BCUT2D eigenvalue weighted by Gasteiger charge is -2.10. The fourth-order valence-electron chi connectivity index (χ4n) is 1.59.